The van der Waals surface area contributed by atoms with Crippen molar-refractivity contribution in [3.63, 3.8) is 0 Å². The number of amides is 1. The van der Waals surface area contributed by atoms with Gasteiger partial charge in [-0.25, -0.2) is 0 Å². The van der Waals surface area contributed by atoms with Crippen molar-refractivity contribution in [1.29, 1.82) is 0 Å². The summed E-state index contributed by atoms with van der Waals surface area (Å²) >= 11 is 0. The maximum absolute atomic E-state index is 12.7. The van der Waals surface area contributed by atoms with E-state index in [4.69, 9.17) is 9.84 Å². The van der Waals surface area contributed by atoms with Crippen molar-refractivity contribution in [1.82, 2.24) is 29.6 Å². The summed E-state index contributed by atoms with van der Waals surface area (Å²) in [6.45, 7) is 1.97. The fraction of sp³-hybridized carbons (Fsp3) is 0.348. The standard InChI is InChI=1S/C23H23N7O2/c1-14-22-18(15-5-4-8-17(11-15)32-16-6-2-3-7-16)12-21(31)25-23(22)30(27-14)20-10-9-19-26-24-13-29(19)28-20/h4-5,8-11,13,16,18H,2-3,6-7,12H2,1H3,(H,25,31)/t18-/m0/s1. The first-order valence-corrected chi connectivity index (χ1v) is 11.0. The summed E-state index contributed by atoms with van der Waals surface area (Å²) in [4.78, 5) is 12.7. The molecule has 1 saturated carbocycles. The molecule has 9 heteroatoms. The molecule has 0 saturated heterocycles. The molecule has 2 aliphatic rings. The smallest absolute Gasteiger partial charge is 0.226 e. The number of rotatable bonds is 4. The van der Waals surface area contributed by atoms with Gasteiger partial charge in [-0.1, -0.05) is 12.1 Å². The van der Waals surface area contributed by atoms with Gasteiger partial charge in [0.05, 0.1) is 11.8 Å². The summed E-state index contributed by atoms with van der Waals surface area (Å²) in [6, 6.07) is 11.8. The van der Waals surface area contributed by atoms with Gasteiger partial charge < -0.3 is 10.1 Å². The number of benzene rings is 1. The van der Waals surface area contributed by atoms with E-state index in [-0.39, 0.29) is 11.8 Å². The van der Waals surface area contributed by atoms with Crippen LogP contribution in [-0.4, -0.2) is 41.6 Å². The maximum Gasteiger partial charge on any atom is 0.226 e. The Bertz CT molecular complexity index is 1320. The zero-order valence-corrected chi connectivity index (χ0v) is 17.7. The fourth-order valence-electron chi connectivity index (χ4n) is 4.83. The van der Waals surface area contributed by atoms with Gasteiger partial charge in [0.15, 0.2) is 11.5 Å². The molecular formula is C23H23N7O2. The van der Waals surface area contributed by atoms with Crippen LogP contribution in [-0.2, 0) is 4.79 Å². The summed E-state index contributed by atoms with van der Waals surface area (Å²) < 4.78 is 9.49. The Kier molecular flexibility index (Phi) is 4.41. The Morgan fingerprint density at radius 2 is 2.00 bits per heavy atom. The predicted octanol–water partition coefficient (Wildman–Crippen LogP) is 3.41. The molecule has 1 aliphatic carbocycles. The number of nitrogens with one attached hydrogen (secondary N) is 1. The number of carbonyl (C=O) groups excluding carboxylic acids is 1. The van der Waals surface area contributed by atoms with Crippen LogP contribution in [0.2, 0.25) is 0 Å². The summed E-state index contributed by atoms with van der Waals surface area (Å²) in [6.07, 6.45) is 6.86. The van der Waals surface area contributed by atoms with Crippen molar-refractivity contribution in [2.24, 2.45) is 0 Å². The number of fused-ring (bicyclic) bond motifs is 2. The van der Waals surface area contributed by atoms with Crippen molar-refractivity contribution in [3.05, 3.63) is 59.5 Å². The maximum atomic E-state index is 12.7. The van der Waals surface area contributed by atoms with Crippen LogP contribution in [0.4, 0.5) is 5.82 Å². The molecule has 1 aromatic carbocycles. The van der Waals surface area contributed by atoms with Crippen molar-refractivity contribution >= 4 is 17.4 Å². The highest BCUT2D eigenvalue weighted by Gasteiger charge is 2.33. The van der Waals surface area contributed by atoms with Gasteiger partial charge in [0, 0.05) is 17.9 Å². The number of ether oxygens (including phenoxy) is 1. The molecule has 0 unspecified atom stereocenters. The van der Waals surface area contributed by atoms with Gasteiger partial charge in [-0.2, -0.15) is 14.3 Å². The average molecular weight is 429 g/mol. The molecular weight excluding hydrogens is 406 g/mol. The Morgan fingerprint density at radius 3 is 2.88 bits per heavy atom. The van der Waals surface area contributed by atoms with Gasteiger partial charge in [0.25, 0.3) is 0 Å². The van der Waals surface area contributed by atoms with E-state index in [1.54, 1.807) is 15.5 Å². The SMILES string of the molecule is Cc1nn(-c2ccc3nncn3n2)c2c1[C@H](c1cccc(OC3CCCC3)c1)CC(=O)N2. The van der Waals surface area contributed by atoms with Gasteiger partial charge in [-0.05, 0) is 62.4 Å². The number of hydrogen-bond donors (Lipinski definition) is 1. The summed E-state index contributed by atoms with van der Waals surface area (Å²) in [5.74, 6) is 1.97. The van der Waals surface area contributed by atoms with Crippen molar-refractivity contribution in [2.75, 3.05) is 5.32 Å². The molecule has 162 valence electrons. The molecule has 6 rings (SSSR count). The van der Waals surface area contributed by atoms with Gasteiger partial charge in [-0.3, -0.25) is 4.79 Å². The zero-order chi connectivity index (χ0) is 21.7. The summed E-state index contributed by atoms with van der Waals surface area (Å²) in [7, 11) is 0. The number of aromatic nitrogens is 6. The lowest BCUT2D eigenvalue weighted by Crippen LogP contribution is -2.25. The minimum absolute atomic E-state index is 0.0452. The highest BCUT2D eigenvalue weighted by atomic mass is 16.5. The van der Waals surface area contributed by atoms with Gasteiger partial charge in [0.1, 0.15) is 17.9 Å². The second kappa shape index (κ2) is 7.44. The molecule has 0 radical (unpaired) electrons. The third kappa shape index (κ3) is 3.21. The van der Waals surface area contributed by atoms with E-state index in [1.807, 2.05) is 31.2 Å². The summed E-state index contributed by atoms with van der Waals surface area (Å²) in [5.41, 5.74) is 3.57. The number of nitrogens with zero attached hydrogens (tertiary/aromatic N) is 6. The fourth-order valence-corrected chi connectivity index (χ4v) is 4.83. The van der Waals surface area contributed by atoms with Crippen LogP contribution >= 0.6 is 0 Å². The van der Waals surface area contributed by atoms with Crippen LogP contribution in [0.25, 0.3) is 11.5 Å². The van der Waals surface area contributed by atoms with Gasteiger partial charge in [0.2, 0.25) is 5.91 Å². The molecule has 4 heterocycles. The third-order valence-corrected chi connectivity index (χ3v) is 6.33. The van der Waals surface area contributed by atoms with E-state index in [1.165, 1.54) is 12.8 Å². The van der Waals surface area contributed by atoms with Crippen molar-refractivity contribution < 1.29 is 9.53 Å². The molecule has 1 N–H and O–H groups in total. The monoisotopic (exact) mass is 429 g/mol. The molecule has 0 bridgehead atoms. The van der Waals surface area contributed by atoms with E-state index in [0.29, 0.717) is 29.8 Å². The number of aryl methyl sites for hydroxylation is 1. The van der Waals surface area contributed by atoms with Gasteiger partial charge >= 0.3 is 0 Å². The highest BCUT2D eigenvalue weighted by Crippen LogP contribution is 2.41. The molecule has 9 nitrogen and oxygen atoms in total. The molecule has 0 spiro atoms. The first-order valence-electron chi connectivity index (χ1n) is 11.0. The van der Waals surface area contributed by atoms with Crippen LogP contribution in [0.15, 0.2) is 42.7 Å². The summed E-state index contributed by atoms with van der Waals surface area (Å²) in [5, 5.41) is 20.1. The predicted molar refractivity (Wildman–Crippen MR) is 117 cm³/mol. The number of anilines is 1. The Labute approximate surface area is 184 Å². The lowest BCUT2D eigenvalue weighted by Gasteiger charge is -2.25. The Balaban J connectivity index is 1.40. The van der Waals surface area contributed by atoms with E-state index in [0.717, 1.165) is 35.4 Å². The largest absolute Gasteiger partial charge is 0.490 e. The lowest BCUT2D eigenvalue weighted by molar-refractivity contribution is -0.116. The van der Waals surface area contributed by atoms with Crippen molar-refractivity contribution in [3.8, 4) is 11.6 Å². The Hall–Kier alpha value is -3.75. The minimum atomic E-state index is -0.0988. The van der Waals surface area contributed by atoms with Crippen LogP contribution < -0.4 is 10.1 Å². The minimum Gasteiger partial charge on any atom is -0.490 e. The lowest BCUT2D eigenvalue weighted by atomic mass is 9.85. The topological polar surface area (TPSA) is 99.2 Å². The normalized spacial score (nSPS) is 18.7. The first kappa shape index (κ1) is 19.0. The quantitative estimate of drug-likeness (QED) is 0.534. The molecule has 1 atom stereocenters. The van der Waals surface area contributed by atoms with E-state index in [9.17, 15) is 4.79 Å². The first-order chi connectivity index (χ1) is 15.7. The molecule has 1 amide bonds. The van der Waals surface area contributed by atoms with Crippen LogP contribution in [0.3, 0.4) is 0 Å². The average Bonchev–Trinajstić information content (AvgIpc) is 3.54. The van der Waals surface area contributed by atoms with E-state index in [2.05, 4.69) is 32.7 Å². The van der Waals surface area contributed by atoms with Crippen LogP contribution in [0, 0.1) is 6.92 Å². The molecule has 1 aliphatic heterocycles. The van der Waals surface area contributed by atoms with E-state index >= 15 is 0 Å². The second-order valence-corrected chi connectivity index (χ2v) is 8.49. The zero-order valence-electron chi connectivity index (χ0n) is 17.7. The highest BCUT2D eigenvalue weighted by molar-refractivity contribution is 5.95. The second-order valence-electron chi connectivity index (χ2n) is 8.49. The molecule has 3 aromatic heterocycles. The van der Waals surface area contributed by atoms with Crippen LogP contribution in [0.1, 0.15) is 54.8 Å². The number of hydrogen-bond acceptors (Lipinski definition) is 6. The van der Waals surface area contributed by atoms with Gasteiger partial charge in [-0.15, -0.1) is 15.3 Å². The molecule has 4 aromatic rings. The van der Waals surface area contributed by atoms with E-state index < -0.39 is 0 Å². The third-order valence-electron chi connectivity index (χ3n) is 6.33. The molecule has 1 fully saturated rings. The number of carbonyl (C=O) groups is 1. The van der Waals surface area contributed by atoms with Crippen LogP contribution in [0.5, 0.6) is 5.75 Å². The molecule has 32 heavy (non-hydrogen) atoms. The Morgan fingerprint density at radius 1 is 1.12 bits per heavy atom. The van der Waals surface area contributed by atoms with Crippen molar-refractivity contribution in [2.45, 2.75) is 51.0 Å².